The van der Waals surface area contributed by atoms with Crippen molar-refractivity contribution in [1.82, 2.24) is 9.21 Å². The van der Waals surface area contributed by atoms with Crippen LogP contribution in [-0.2, 0) is 14.8 Å². The lowest BCUT2D eigenvalue weighted by atomic mass is 10.0. The van der Waals surface area contributed by atoms with Crippen LogP contribution in [0, 0.1) is 0 Å². The van der Waals surface area contributed by atoms with Gasteiger partial charge in [0.2, 0.25) is 10.0 Å². The van der Waals surface area contributed by atoms with Gasteiger partial charge in [-0.3, -0.25) is 4.79 Å². The van der Waals surface area contributed by atoms with Crippen molar-refractivity contribution >= 4 is 27.5 Å². The minimum atomic E-state index is -3.56. The quantitative estimate of drug-likeness (QED) is 0.783. The Morgan fingerprint density at radius 2 is 1.61 bits per heavy atom. The van der Waals surface area contributed by atoms with Crippen molar-refractivity contribution in [3.05, 3.63) is 65.2 Å². The molecule has 0 bridgehead atoms. The molecule has 1 amide bonds. The van der Waals surface area contributed by atoms with Crippen LogP contribution in [0.2, 0.25) is 5.02 Å². The van der Waals surface area contributed by atoms with Gasteiger partial charge in [0.15, 0.2) is 6.04 Å². The average molecular weight is 423 g/mol. The lowest BCUT2D eigenvalue weighted by molar-refractivity contribution is -0.925. The summed E-state index contributed by atoms with van der Waals surface area (Å²) in [5.74, 6) is 0.0233. The van der Waals surface area contributed by atoms with Crippen molar-refractivity contribution in [2.45, 2.75) is 10.9 Å². The molecule has 0 saturated carbocycles. The monoisotopic (exact) mass is 422 g/mol. The van der Waals surface area contributed by atoms with E-state index in [-0.39, 0.29) is 16.8 Å². The first-order valence-corrected chi connectivity index (χ1v) is 11.0. The number of benzene rings is 2. The fraction of sp³-hybridized carbons (Fsp3) is 0.350. The Hall–Kier alpha value is -1.93. The van der Waals surface area contributed by atoms with E-state index in [0.29, 0.717) is 31.2 Å². The third kappa shape index (κ3) is 4.38. The van der Waals surface area contributed by atoms with Gasteiger partial charge in [-0.2, -0.15) is 4.31 Å². The number of hydrogen-bond acceptors (Lipinski definition) is 3. The van der Waals surface area contributed by atoms with Crippen LogP contribution in [-0.4, -0.2) is 63.8 Å². The van der Waals surface area contributed by atoms with Gasteiger partial charge >= 0.3 is 0 Å². The molecule has 8 heteroatoms. The number of carbonyl (C=O) groups excluding carboxylic acids is 1. The van der Waals surface area contributed by atoms with Gasteiger partial charge < -0.3 is 9.80 Å². The van der Waals surface area contributed by atoms with Crippen molar-refractivity contribution < 1.29 is 18.1 Å². The van der Waals surface area contributed by atoms with E-state index in [9.17, 15) is 13.2 Å². The number of quaternary nitrogens is 1. The van der Waals surface area contributed by atoms with Crippen LogP contribution < -0.4 is 4.90 Å². The zero-order valence-electron chi connectivity index (χ0n) is 16.0. The molecule has 0 aromatic heterocycles. The second kappa shape index (κ2) is 8.61. The molecule has 0 aliphatic carbocycles. The molecule has 1 fully saturated rings. The van der Waals surface area contributed by atoms with Gasteiger partial charge in [-0.1, -0.05) is 41.9 Å². The highest BCUT2D eigenvalue weighted by atomic mass is 35.5. The molecular formula is C20H25ClN3O3S+. The van der Waals surface area contributed by atoms with Crippen molar-refractivity contribution in [3.63, 3.8) is 0 Å². The Balaban J connectivity index is 1.77. The molecular weight excluding hydrogens is 398 g/mol. The molecule has 0 unspecified atom stereocenters. The van der Waals surface area contributed by atoms with Crippen molar-refractivity contribution in [2.24, 2.45) is 0 Å². The van der Waals surface area contributed by atoms with E-state index < -0.39 is 10.0 Å². The number of nitrogens with zero attached hydrogens (tertiary/aromatic N) is 2. The molecule has 1 aliphatic heterocycles. The highest BCUT2D eigenvalue weighted by Crippen LogP contribution is 2.19. The minimum Gasteiger partial charge on any atom is -0.343 e. The van der Waals surface area contributed by atoms with E-state index in [1.165, 1.54) is 16.4 Å². The number of carbonyl (C=O) groups is 1. The van der Waals surface area contributed by atoms with Crippen LogP contribution in [0.4, 0.5) is 0 Å². The number of piperazine rings is 1. The molecule has 3 rings (SSSR count). The Bertz CT molecular complexity index is 909. The topological polar surface area (TPSA) is 62.1 Å². The van der Waals surface area contributed by atoms with E-state index in [2.05, 4.69) is 0 Å². The molecule has 1 N–H and O–H groups in total. The van der Waals surface area contributed by atoms with Crippen molar-refractivity contribution in [1.29, 1.82) is 0 Å². The predicted molar refractivity (Wildman–Crippen MR) is 109 cm³/mol. The summed E-state index contributed by atoms with van der Waals surface area (Å²) in [6.07, 6.45) is 0. The second-order valence-corrected chi connectivity index (χ2v) is 9.47. The Labute approximate surface area is 171 Å². The van der Waals surface area contributed by atoms with Crippen LogP contribution in [0.3, 0.4) is 0 Å². The SMILES string of the molecule is CN(C)C(=O)[C@H](c1ccccc1)[NH+]1CCN(S(=O)(=O)c2ccc(Cl)cc2)CC1. The van der Waals surface area contributed by atoms with Gasteiger partial charge in [-0.05, 0) is 24.3 Å². The number of halogens is 1. The maximum Gasteiger partial charge on any atom is 0.285 e. The Morgan fingerprint density at radius 1 is 1.04 bits per heavy atom. The van der Waals surface area contributed by atoms with Crippen molar-refractivity contribution in [3.8, 4) is 0 Å². The normalized spacial score (nSPS) is 17.2. The van der Waals surface area contributed by atoms with Crippen LogP contribution in [0.5, 0.6) is 0 Å². The van der Waals surface area contributed by atoms with E-state index in [1.807, 2.05) is 30.3 Å². The number of sulfonamides is 1. The summed E-state index contributed by atoms with van der Waals surface area (Å²) in [5, 5.41) is 0.501. The van der Waals surface area contributed by atoms with E-state index >= 15 is 0 Å². The lowest BCUT2D eigenvalue weighted by Gasteiger charge is -2.36. The molecule has 2 aromatic rings. The van der Waals surface area contributed by atoms with E-state index in [4.69, 9.17) is 11.6 Å². The minimum absolute atomic E-state index is 0.0233. The van der Waals surface area contributed by atoms with Gasteiger partial charge in [0.25, 0.3) is 5.91 Å². The van der Waals surface area contributed by atoms with Crippen molar-refractivity contribution in [2.75, 3.05) is 40.3 Å². The fourth-order valence-electron chi connectivity index (χ4n) is 3.51. The smallest absolute Gasteiger partial charge is 0.285 e. The van der Waals surface area contributed by atoms with Gasteiger partial charge in [-0.25, -0.2) is 8.42 Å². The number of hydrogen-bond donors (Lipinski definition) is 1. The first kappa shape index (κ1) is 20.8. The summed E-state index contributed by atoms with van der Waals surface area (Å²) >= 11 is 5.87. The number of amides is 1. The summed E-state index contributed by atoms with van der Waals surface area (Å²) in [5.41, 5.74) is 0.949. The predicted octanol–water partition coefficient (Wildman–Crippen LogP) is 1.06. The highest BCUT2D eigenvalue weighted by Gasteiger charge is 2.38. The molecule has 1 atom stereocenters. The van der Waals surface area contributed by atoms with Crippen LogP contribution >= 0.6 is 11.6 Å². The molecule has 2 aromatic carbocycles. The average Bonchev–Trinajstić information content (AvgIpc) is 2.69. The summed E-state index contributed by atoms with van der Waals surface area (Å²) in [6.45, 7) is 1.85. The zero-order chi connectivity index (χ0) is 20.3. The van der Waals surface area contributed by atoms with Gasteiger partial charge in [0.1, 0.15) is 0 Å². The number of rotatable bonds is 5. The van der Waals surface area contributed by atoms with E-state index in [0.717, 1.165) is 10.5 Å². The standard InChI is InChI=1S/C20H24ClN3O3S/c1-22(2)20(25)19(16-6-4-3-5-7-16)23-12-14-24(15-13-23)28(26,27)18-10-8-17(21)9-11-18/h3-11,19H,12-15H2,1-2H3/p+1/t19-/m0/s1. The zero-order valence-corrected chi connectivity index (χ0v) is 17.6. The summed E-state index contributed by atoms with van der Waals surface area (Å²) in [7, 11) is -0.0652. The highest BCUT2D eigenvalue weighted by molar-refractivity contribution is 7.89. The molecule has 1 heterocycles. The fourth-order valence-corrected chi connectivity index (χ4v) is 5.08. The molecule has 28 heavy (non-hydrogen) atoms. The number of likely N-dealkylation sites (N-methyl/N-ethyl adjacent to an activating group) is 1. The lowest BCUT2D eigenvalue weighted by Crippen LogP contribution is -3.16. The molecule has 0 radical (unpaired) electrons. The Kier molecular flexibility index (Phi) is 6.40. The number of nitrogens with one attached hydrogen (secondary N) is 1. The third-order valence-electron chi connectivity index (χ3n) is 5.04. The summed E-state index contributed by atoms with van der Waals surface area (Å²) in [4.78, 5) is 15.8. The van der Waals surface area contributed by atoms with Crippen LogP contribution in [0.15, 0.2) is 59.5 Å². The summed E-state index contributed by atoms with van der Waals surface area (Å²) < 4.78 is 27.3. The molecule has 1 aliphatic rings. The summed E-state index contributed by atoms with van der Waals surface area (Å²) in [6, 6.07) is 15.6. The second-order valence-electron chi connectivity index (χ2n) is 7.09. The molecule has 0 spiro atoms. The molecule has 150 valence electrons. The Morgan fingerprint density at radius 3 is 2.14 bits per heavy atom. The van der Waals surface area contributed by atoms with Gasteiger partial charge in [0.05, 0.1) is 31.1 Å². The first-order chi connectivity index (χ1) is 13.3. The van der Waals surface area contributed by atoms with E-state index in [1.54, 1.807) is 31.1 Å². The molecule has 1 saturated heterocycles. The van der Waals surface area contributed by atoms with Gasteiger partial charge in [-0.15, -0.1) is 0 Å². The van der Waals surface area contributed by atoms with Crippen LogP contribution in [0.25, 0.3) is 0 Å². The third-order valence-corrected chi connectivity index (χ3v) is 7.21. The largest absolute Gasteiger partial charge is 0.343 e. The molecule has 6 nitrogen and oxygen atoms in total. The maximum atomic E-state index is 12.9. The first-order valence-electron chi connectivity index (χ1n) is 9.17. The maximum absolute atomic E-state index is 12.9. The van der Waals surface area contributed by atoms with Crippen LogP contribution in [0.1, 0.15) is 11.6 Å². The van der Waals surface area contributed by atoms with Gasteiger partial charge in [0, 0.05) is 24.7 Å².